The second kappa shape index (κ2) is 12.0. The summed E-state index contributed by atoms with van der Waals surface area (Å²) in [6, 6.07) is 22.9. The summed E-state index contributed by atoms with van der Waals surface area (Å²) in [7, 11) is -3.91. The van der Waals surface area contributed by atoms with Gasteiger partial charge in [0, 0.05) is 11.0 Å². The van der Waals surface area contributed by atoms with Gasteiger partial charge in [0.25, 0.3) is 10.0 Å². The monoisotopic (exact) mass is 544 g/mol. The Morgan fingerprint density at radius 3 is 2.38 bits per heavy atom. The highest BCUT2D eigenvalue weighted by molar-refractivity contribution is 9.10. The number of nitrogens with zero attached hydrogens (tertiary/aromatic N) is 1. The van der Waals surface area contributed by atoms with Crippen LogP contribution in [0.1, 0.15) is 25.8 Å². The first kappa shape index (κ1) is 25.8. The van der Waals surface area contributed by atoms with Crippen LogP contribution in [0.15, 0.2) is 88.2 Å². The molecule has 0 bridgehead atoms. The lowest BCUT2D eigenvalue weighted by molar-refractivity contribution is -0.119. The van der Waals surface area contributed by atoms with E-state index in [9.17, 15) is 13.2 Å². The number of halogens is 1. The molecule has 3 rings (SSSR count). The Morgan fingerprint density at radius 1 is 1.00 bits per heavy atom. The molecule has 34 heavy (non-hydrogen) atoms. The van der Waals surface area contributed by atoms with Gasteiger partial charge in [-0.15, -0.1) is 0 Å². The van der Waals surface area contributed by atoms with E-state index in [1.54, 1.807) is 42.5 Å². The second-order valence-electron chi connectivity index (χ2n) is 8.07. The molecule has 0 heterocycles. The lowest BCUT2D eigenvalue weighted by Gasteiger charge is -2.24. The average Bonchev–Trinajstić information content (AvgIpc) is 2.81. The van der Waals surface area contributed by atoms with Crippen molar-refractivity contribution < 1.29 is 17.9 Å². The van der Waals surface area contributed by atoms with Crippen molar-refractivity contribution in [3.8, 4) is 5.75 Å². The molecule has 3 aromatic rings. The van der Waals surface area contributed by atoms with Crippen molar-refractivity contribution in [3.63, 3.8) is 0 Å². The Bertz CT molecular complexity index is 1180. The predicted octanol–water partition coefficient (Wildman–Crippen LogP) is 5.18. The third-order valence-electron chi connectivity index (χ3n) is 4.97. The molecule has 180 valence electrons. The number of carbonyl (C=O) groups is 1. The highest BCUT2D eigenvalue weighted by Gasteiger charge is 2.26. The minimum Gasteiger partial charge on any atom is -0.491 e. The number of carbonyl (C=O) groups excluding carboxylic acids is 1. The minimum atomic E-state index is -3.91. The lowest BCUT2D eigenvalue weighted by atomic mass is 10.1. The minimum absolute atomic E-state index is 0.107. The summed E-state index contributed by atoms with van der Waals surface area (Å²) in [4.78, 5) is 12.8. The summed E-state index contributed by atoms with van der Waals surface area (Å²) in [6.45, 7) is 4.10. The van der Waals surface area contributed by atoms with E-state index in [4.69, 9.17) is 4.74 Å². The van der Waals surface area contributed by atoms with Crippen LogP contribution in [0.4, 0.5) is 5.69 Å². The molecule has 0 aliphatic carbocycles. The van der Waals surface area contributed by atoms with E-state index >= 15 is 0 Å². The van der Waals surface area contributed by atoms with Gasteiger partial charge in [0.15, 0.2) is 0 Å². The van der Waals surface area contributed by atoms with Crippen LogP contribution in [0.5, 0.6) is 5.75 Å². The fourth-order valence-corrected chi connectivity index (χ4v) is 5.10. The molecule has 0 spiro atoms. The Kier molecular flexibility index (Phi) is 9.12. The lowest BCUT2D eigenvalue weighted by Crippen LogP contribution is -2.41. The van der Waals surface area contributed by atoms with E-state index in [0.717, 1.165) is 32.9 Å². The van der Waals surface area contributed by atoms with Gasteiger partial charge in [-0.25, -0.2) is 8.42 Å². The van der Waals surface area contributed by atoms with Crippen molar-refractivity contribution in [1.29, 1.82) is 0 Å². The molecule has 1 amide bonds. The average molecular weight is 545 g/mol. The maximum absolute atomic E-state index is 13.3. The molecule has 6 nitrogen and oxygen atoms in total. The first-order valence-electron chi connectivity index (χ1n) is 11.1. The van der Waals surface area contributed by atoms with E-state index in [0.29, 0.717) is 12.2 Å². The summed E-state index contributed by atoms with van der Waals surface area (Å²) in [6.07, 6.45) is 1.60. The van der Waals surface area contributed by atoms with Crippen molar-refractivity contribution in [2.45, 2.75) is 37.7 Å². The number of hydrogen-bond acceptors (Lipinski definition) is 4. The normalized spacial score (nSPS) is 11.3. The zero-order valence-electron chi connectivity index (χ0n) is 19.3. The molecular formula is C26H29BrN2O4S. The molecule has 0 aliphatic rings. The van der Waals surface area contributed by atoms with Gasteiger partial charge >= 0.3 is 0 Å². The quantitative estimate of drug-likeness (QED) is 0.337. The molecule has 0 radical (unpaired) electrons. The maximum atomic E-state index is 13.3. The molecule has 0 aromatic heterocycles. The molecule has 3 aromatic carbocycles. The summed E-state index contributed by atoms with van der Waals surface area (Å²) in [5.41, 5.74) is 1.54. The molecule has 0 saturated heterocycles. The Balaban J connectivity index is 1.63. The van der Waals surface area contributed by atoms with Gasteiger partial charge in [-0.2, -0.15) is 0 Å². The first-order chi connectivity index (χ1) is 16.3. The number of aryl methyl sites for hydroxylation is 1. The number of nitrogens with one attached hydrogen (secondary N) is 1. The summed E-state index contributed by atoms with van der Waals surface area (Å²) in [5, 5.41) is 2.85. The highest BCUT2D eigenvalue weighted by Crippen LogP contribution is 2.25. The van der Waals surface area contributed by atoms with E-state index in [-0.39, 0.29) is 23.5 Å². The van der Waals surface area contributed by atoms with Gasteiger partial charge < -0.3 is 10.1 Å². The van der Waals surface area contributed by atoms with Crippen LogP contribution in [0.25, 0.3) is 0 Å². The second-order valence-corrected chi connectivity index (χ2v) is 10.8. The van der Waals surface area contributed by atoms with Crippen LogP contribution >= 0.6 is 15.9 Å². The predicted molar refractivity (Wildman–Crippen MR) is 139 cm³/mol. The van der Waals surface area contributed by atoms with E-state index in [2.05, 4.69) is 21.2 Å². The van der Waals surface area contributed by atoms with Crippen molar-refractivity contribution in [2.24, 2.45) is 0 Å². The molecule has 0 fully saturated rings. The van der Waals surface area contributed by atoms with Crippen LogP contribution in [-0.4, -0.2) is 33.5 Å². The molecule has 0 aliphatic heterocycles. The van der Waals surface area contributed by atoms with Crippen LogP contribution in [-0.2, 0) is 21.2 Å². The summed E-state index contributed by atoms with van der Waals surface area (Å²) >= 11 is 3.36. The Hall–Kier alpha value is -2.84. The topological polar surface area (TPSA) is 75.7 Å². The zero-order chi connectivity index (χ0) is 24.6. The van der Waals surface area contributed by atoms with Gasteiger partial charge in [-0.1, -0.05) is 46.3 Å². The van der Waals surface area contributed by atoms with Gasteiger partial charge in [-0.3, -0.25) is 9.10 Å². The first-order valence-corrected chi connectivity index (χ1v) is 13.3. The zero-order valence-corrected chi connectivity index (χ0v) is 21.7. The van der Waals surface area contributed by atoms with E-state index in [1.807, 2.05) is 38.1 Å². The third-order valence-corrected chi connectivity index (χ3v) is 7.28. The van der Waals surface area contributed by atoms with E-state index in [1.165, 1.54) is 12.1 Å². The molecule has 0 saturated carbocycles. The van der Waals surface area contributed by atoms with Crippen LogP contribution in [0, 0.1) is 0 Å². The Labute approximate surface area is 210 Å². The standard InChI is InChI=1S/C26H29BrN2O4S/c1-20(2)33-24-10-6-8-21(18-24)9-7-17-28-26(30)19-29(23-15-13-22(27)14-16-23)34(31,32)25-11-4-3-5-12-25/h3-6,8,10-16,18,20H,7,9,17,19H2,1-2H3,(H,28,30). The number of benzene rings is 3. The molecule has 0 atom stereocenters. The third kappa shape index (κ3) is 7.33. The molecular weight excluding hydrogens is 516 g/mol. The van der Waals surface area contributed by atoms with Crippen LogP contribution in [0.2, 0.25) is 0 Å². The summed E-state index contributed by atoms with van der Waals surface area (Å²) < 4.78 is 34.3. The smallest absolute Gasteiger partial charge is 0.264 e. The number of sulfonamides is 1. The molecule has 1 N–H and O–H groups in total. The largest absolute Gasteiger partial charge is 0.491 e. The van der Waals surface area contributed by atoms with Gasteiger partial charge in [0.05, 0.1) is 16.7 Å². The van der Waals surface area contributed by atoms with Crippen molar-refractivity contribution >= 4 is 37.5 Å². The maximum Gasteiger partial charge on any atom is 0.264 e. The van der Waals surface area contributed by atoms with Crippen molar-refractivity contribution in [2.75, 3.05) is 17.4 Å². The van der Waals surface area contributed by atoms with Gasteiger partial charge in [-0.05, 0) is 80.8 Å². The van der Waals surface area contributed by atoms with Crippen molar-refractivity contribution in [3.05, 3.63) is 88.9 Å². The van der Waals surface area contributed by atoms with E-state index < -0.39 is 10.0 Å². The number of rotatable bonds is 11. The fourth-order valence-electron chi connectivity index (χ4n) is 3.40. The number of amides is 1. The summed E-state index contributed by atoms with van der Waals surface area (Å²) in [5.74, 6) is 0.465. The number of ether oxygens (including phenoxy) is 1. The van der Waals surface area contributed by atoms with Crippen molar-refractivity contribution in [1.82, 2.24) is 5.32 Å². The highest BCUT2D eigenvalue weighted by atomic mass is 79.9. The number of hydrogen-bond donors (Lipinski definition) is 1. The number of anilines is 1. The molecule has 8 heteroatoms. The Morgan fingerprint density at radius 2 is 1.71 bits per heavy atom. The van der Waals surface area contributed by atoms with Crippen LogP contribution < -0.4 is 14.4 Å². The van der Waals surface area contributed by atoms with Gasteiger partial charge in [0.1, 0.15) is 12.3 Å². The van der Waals surface area contributed by atoms with Crippen LogP contribution in [0.3, 0.4) is 0 Å². The fraction of sp³-hybridized carbons (Fsp3) is 0.269. The molecule has 0 unspecified atom stereocenters. The van der Waals surface area contributed by atoms with Gasteiger partial charge in [0.2, 0.25) is 5.91 Å². The SMILES string of the molecule is CC(C)Oc1cccc(CCCNC(=O)CN(c2ccc(Br)cc2)S(=O)(=O)c2ccccc2)c1.